The van der Waals surface area contributed by atoms with Gasteiger partial charge in [-0.25, -0.2) is 0 Å². The summed E-state index contributed by atoms with van der Waals surface area (Å²) < 4.78 is 5.26. The molecule has 0 amide bonds. The highest BCUT2D eigenvalue weighted by molar-refractivity contribution is 6.30. The Balaban J connectivity index is 2.54. The fraction of sp³-hybridized carbons (Fsp3) is 0.100. The molecule has 0 atom stereocenters. The average molecular weight is 209 g/mol. The van der Waals surface area contributed by atoms with Crippen molar-refractivity contribution in [2.45, 2.75) is 6.92 Å². The van der Waals surface area contributed by atoms with Gasteiger partial charge in [0.1, 0.15) is 0 Å². The third-order valence-corrected chi connectivity index (χ3v) is 2.14. The molecule has 1 heterocycles. The smallest absolute Gasteiger partial charge is 0.292 e. The van der Waals surface area contributed by atoms with Gasteiger partial charge in [-0.15, -0.1) is 0 Å². The molecular formula is C10H9ClN2O. The maximum absolute atomic E-state index is 5.86. The zero-order valence-electron chi connectivity index (χ0n) is 7.62. The predicted molar refractivity (Wildman–Crippen MR) is 56.1 cm³/mol. The monoisotopic (exact) mass is 208 g/mol. The van der Waals surface area contributed by atoms with Crippen LogP contribution in [0.2, 0.25) is 5.02 Å². The molecule has 0 radical (unpaired) electrons. The van der Waals surface area contributed by atoms with Gasteiger partial charge in [0.2, 0.25) is 0 Å². The Labute approximate surface area is 86.5 Å². The Morgan fingerprint density at radius 2 is 2.21 bits per heavy atom. The summed E-state index contributed by atoms with van der Waals surface area (Å²) in [5.41, 5.74) is 7.10. The van der Waals surface area contributed by atoms with E-state index in [0.717, 1.165) is 11.3 Å². The van der Waals surface area contributed by atoms with E-state index in [-0.39, 0.29) is 6.01 Å². The average Bonchev–Trinajstić information content (AvgIpc) is 2.45. The Hall–Kier alpha value is -1.48. The van der Waals surface area contributed by atoms with Crippen LogP contribution < -0.4 is 5.73 Å². The summed E-state index contributed by atoms with van der Waals surface area (Å²) in [6.07, 6.45) is 0. The summed E-state index contributed by atoms with van der Waals surface area (Å²) in [5, 5.41) is 0.664. The molecule has 0 saturated carbocycles. The van der Waals surface area contributed by atoms with Gasteiger partial charge < -0.3 is 10.2 Å². The van der Waals surface area contributed by atoms with Crippen LogP contribution in [0.4, 0.5) is 6.01 Å². The molecule has 0 saturated heterocycles. The maximum Gasteiger partial charge on any atom is 0.292 e. The third-order valence-electron chi connectivity index (χ3n) is 1.90. The van der Waals surface area contributed by atoms with Gasteiger partial charge in [0, 0.05) is 10.6 Å². The standard InChI is InChI=1S/C10H9ClN2O/c1-6-9(14-10(12)13-6)7-3-2-4-8(11)5-7/h2-5H,1H3,(H2,12,13). The number of hydrogen-bond acceptors (Lipinski definition) is 3. The van der Waals surface area contributed by atoms with Crippen LogP contribution in [-0.2, 0) is 0 Å². The van der Waals surface area contributed by atoms with Crippen LogP contribution in [-0.4, -0.2) is 4.98 Å². The molecule has 2 aromatic rings. The lowest BCUT2D eigenvalue weighted by Crippen LogP contribution is -1.81. The van der Waals surface area contributed by atoms with Gasteiger partial charge in [-0.3, -0.25) is 0 Å². The summed E-state index contributed by atoms with van der Waals surface area (Å²) in [7, 11) is 0. The quantitative estimate of drug-likeness (QED) is 0.784. The first kappa shape index (κ1) is 9.09. The lowest BCUT2D eigenvalue weighted by Gasteiger charge is -1.97. The molecule has 0 fully saturated rings. The largest absolute Gasteiger partial charge is 0.423 e. The fourth-order valence-corrected chi connectivity index (χ4v) is 1.51. The SMILES string of the molecule is Cc1nc(N)oc1-c1cccc(Cl)c1. The van der Waals surface area contributed by atoms with E-state index in [1.807, 2.05) is 25.1 Å². The van der Waals surface area contributed by atoms with Crippen LogP contribution in [0.15, 0.2) is 28.7 Å². The van der Waals surface area contributed by atoms with E-state index >= 15 is 0 Å². The van der Waals surface area contributed by atoms with E-state index in [2.05, 4.69) is 4.98 Å². The van der Waals surface area contributed by atoms with Crippen LogP contribution in [0, 0.1) is 6.92 Å². The van der Waals surface area contributed by atoms with Crippen molar-refractivity contribution in [2.75, 3.05) is 5.73 Å². The molecule has 0 aliphatic heterocycles. The van der Waals surface area contributed by atoms with Crippen LogP contribution >= 0.6 is 11.6 Å². The first-order chi connectivity index (χ1) is 6.66. The Kier molecular flexibility index (Phi) is 2.17. The number of nitrogens with zero attached hydrogens (tertiary/aromatic N) is 1. The summed E-state index contributed by atoms with van der Waals surface area (Å²) in [5.74, 6) is 0.671. The van der Waals surface area contributed by atoms with Crippen molar-refractivity contribution < 1.29 is 4.42 Å². The number of aromatic nitrogens is 1. The molecule has 0 bridgehead atoms. The first-order valence-corrected chi connectivity index (χ1v) is 4.53. The van der Waals surface area contributed by atoms with Crippen molar-refractivity contribution in [3.8, 4) is 11.3 Å². The van der Waals surface area contributed by atoms with E-state index in [1.165, 1.54) is 0 Å². The predicted octanol–water partition coefficient (Wildman–Crippen LogP) is 2.89. The topological polar surface area (TPSA) is 52.0 Å². The molecule has 1 aromatic carbocycles. The van der Waals surface area contributed by atoms with Gasteiger partial charge in [-0.2, -0.15) is 4.98 Å². The number of anilines is 1. The van der Waals surface area contributed by atoms with E-state index < -0.39 is 0 Å². The minimum atomic E-state index is 0.178. The van der Waals surface area contributed by atoms with Crippen molar-refractivity contribution in [3.05, 3.63) is 35.0 Å². The van der Waals surface area contributed by atoms with Crippen molar-refractivity contribution in [1.82, 2.24) is 4.98 Å². The Bertz CT molecular complexity index is 465. The van der Waals surface area contributed by atoms with Gasteiger partial charge >= 0.3 is 0 Å². The molecular weight excluding hydrogens is 200 g/mol. The summed E-state index contributed by atoms with van der Waals surface area (Å²) in [4.78, 5) is 3.99. The zero-order valence-corrected chi connectivity index (χ0v) is 8.38. The van der Waals surface area contributed by atoms with Crippen LogP contribution in [0.3, 0.4) is 0 Å². The Morgan fingerprint density at radius 1 is 1.43 bits per heavy atom. The number of hydrogen-bond donors (Lipinski definition) is 1. The molecule has 14 heavy (non-hydrogen) atoms. The van der Waals surface area contributed by atoms with Crippen LogP contribution in [0.5, 0.6) is 0 Å². The lowest BCUT2D eigenvalue weighted by molar-refractivity contribution is 0.594. The van der Waals surface area contributed by atoms with Gasteiger partial charge in [0.05, 0.1) is 5.69 Å². The minimum Gasteiger partial charge on any atom is -0.423 e. The number of nitrogen functional groups attached to an aromatic ring is 1. The highest BCUT2D eigenvalue weighted by atomic mass is 35.5. The number of halogens is 1. The van der Waals surface area contributed by atoms with Crippen molar-refractivity contribution in [1.29, 1.82) is 0 Å². The normalized spacial score (nSPS) is 10.4. The van der Waals surface area contributed by atoms with E-state index in [0.29, 0.717) is 10.8 Å². The second kappa shape index (κ2) is 3.35. The molecule has 2 rings (SSSR count). The Morgan fingerprint density at radius 3 is 2.79 bits per heavy atom. The number of rotatable bonds is 1. The molecule has 3 nitrogen and oxygen atoms in total. The minimum absolute atomic E-state index is 0.178. The summed E-state index contributed by atoms with van der Waals surface area (Å²) >= 11 is 5.86. The second-order valence-electron chi connectivity index (χ2n) is 2.98. The van der Waals surface area contributed by atoms with Gasteiger partial charge in [-0.05, 0) is 19.1 Å². The molecule has 0 aliphatic rings. The second-order valence-corrected chi connectivity index (χ2v) is 3.41. The van der Waals surface area contributed by atoms with Gasteiger partial charge in [0.25, 0.3) is 6.01 Å². The van der Waals surface area contributed by atoms with Crippen molar-refractivity contribution in [2.24, 2.45) is 0 Å². The number of benzene rings is 1. The van der Waals surface area contributed by atoms with Crippen LogP contribution in [0.25, 0.3) is 11.3 Å². The first-order valence-electron chi connectivity index (χ1n) is 4.15. The number of nitrogens with two attached hydrogens (primary N) is 1. The molecule has 72 valence electrons. The molecule has 1 aromatic heterocycles. The highest BCUT2D eigenvalue weighted by Gasteiger charge is 2.09. The van der Waals surface area contributed by atoms with E-state index in [1.54, 1.807) is 6.07 Å². The van der Waals surface area contributed by atoms with E-state index in [4.69, 9.17) is 21.8 Å². The maximum atomic E-state index is 5.86. The van der Waals surface area contributed by atoms with Gasteiger partial charge in [-0.1, -0.05) is 23.7 Å². The number of oxazole rings is 1. The van der Waals surface area contributed by atoms with Crippen molar-refractivity contribution >= 4 is 17.6 Å². The third kappa shape index (κ3) is 1.59. The van der Waals surface area contributed by atoms with Crippen LogP contribution in [0.1, 0.15) is 5.69 Å². The molecule has 0 aliphatic carbocycles. The summed E-state index contributed by atoms with van der Waals surface area (Å²) in [6.45, 7) is 1.84. The van der Waals surface area contributed by atoms with Crippen molar-refractivity contribution in [3.63, 3.8) is 0 Å². The summed E-state index contributed by atoms with van der Waals surface area (Å²) in [6, 6.07) is 7.56. The molecule has 2 N–H and O–H groups in total. The molecule has 4 heteroatoms. The molecule has 0 unspecified atom stereocenters. The van der Waals surface area contributed by atoms with E-state index in [9.17, 15) is 0 Å². The van der Waals surface area contributed by atoms with Gasteiger partial charge in [0.15, 0.2) is 5.76 Å². The number of aryl methyl sites for hydroxylation is 1. The molecule has 0 spiro atoms. The zero-order chi connectivity index (χ0) is 10.1. The highest BCUT2D eigenvalue weighted by Crippen LogP contribution is 2.27. The fourth-order valence-electron chi connectivity index (χ4n) is 1.31. The lowest BCUT2D eigenvalue weighted by atomic mass is 10.1.